The second-order valence-electron chi connectivity index (χ2n) is 6.18. The van der Waals surface area contributed by atoms with Gasteiger partial charge in [-0.05, 0) is 50.2 Å². The Morgan fingerprint density at radius 3 is 2.88 bits per heavy atom. The normalized spacial score (nSPS) is 17.6. The van der Waals surface area contributed by atoms with E-state index in [1.54, 1.807) is 18.4 Å². The van der Waals surface area contributed by atoms with E-state index in [9.17, 15) is 4.79 Å². The summed E-state index contributed by atoms with van der Waals surface area (Å²) < 4.78 is 16.2. The van der Waals surface area contributed by atoms with Gasteiger partial charge in [-0.1, -0.05) is 11.6 Å². The summed E-state index contributed by atoms with van der Waals surface area (Å²) in [5, 5.41) is 3.36. The number of halogens is 1. The molecular formula is C18H19ClN2O4. The van der Waals surface area contributed by atoms with E-state index in [1.807, 2.05) is 12.1 Å². The average molecular weight is 363 g/mol. The van der Waals surface area contributed by atoms with Gasteiger partial charge < -0.3 is 19.2 Å². The first-order valence-electron chi connectivity index (χ1n) is 8.37. The Hall–Kier alpha value is -2.18. The van der Waals surface area contributed by atoms with Crippen molar-refractivity contribution in [2.24, 2.45) is 0 Å². The van der Waals surface area contributed by atoms with Crippen LogP contribution in [0.2, 0.25) is 5.02 Å². The van der Waals surface area contributed by atoms with E-state index in [4.69, 9.17) is 25.5 Å². The number of amides is 1. The standard InChI is InChI=1S/C18H19ClN2O4/c19-13-8-12(9-16-17(13)25-11-24-16)18(22)20-10-14(15-4-3-7-23-15)21-5-1-2-6-21/h3-4,7-9,14H,1-2,5-6,10-11H2,(H,20,22)/t14-/m1/s1. The molecule has 2 aliphatic rings. The van der Waals surface area contributed by atoms with Gasteiger partial charge in [-0.15, -0.1) is 0 Å². The summed E-state index contributed by atoms with van der Waals surface area (Å²) in [7, 11) is 0. The summed E-state index contributed by atoms with van der Waals surface area (Å²) >= 11 is 6.16. The fraction of sp³-hybridized carbons (Fsp3) is 0.389. The van der Waals surface area contributed by atoms with Crippen molar-refractivity contribution in [2.45, 2.75) is 18.9 Å². The zero-order valence-electron chi connectivity index (χ0n) is 13.7. The predicted molar refractivity (Wildman–Crippen MR) is 92.2 cm³/mol. The molecular weight excluding hydrogens is 344 g/mol. The highest BCUT2D eigenvalue weighted by molar-refractivity contribution is 6.32. The van der Waals surface area contributed by atoms with Crippen LogP contribution < -0.4 is 14.8 Å². The molecule has 0 radical (unpaired) electrons. The number of nitrogens with one attached hydrogen (secondary N) is 1. The van der Waals surface area contributed by atoms with Crippen LogP contribution >= 0.6 is 11.6 Å². The lowest BCUT2D eigenvalue weighted by molar-refractivity contribution is 0.0933. The van der Waals surface area contributed by atoms with E-state index in [-0.39, 0.29) is 18.7 Å². The fourth-order valence-corrected chi connectivity index (χ4v) is 3.60. The first kappa shape index (κ1) is 16.3. The highest BCUT2D eigenvalue weighted by Gasteiger charge is 2.27. The molecule has 1 aromatic heterocycles. The first-order valence-corrected chi connectivity index (χ1v) is 8.75. The Labute approximate surface area is 150 Å². The van der Waals surface area contributed by atoms with Crippen molar-refractivity contribution in [3.8, 4) is 11.5 Å². The summed E-state index contributed by atoms with van der Waals surface area (Å²) in [6.07, 6.45) is 4.00. The first-order chi connectivity index (χ1) is 12.2. The largest absolute Gasteiger partial charge is 0.468 e. The third kappa shape index (κ3) is 3.32. The molecule has 1 fully saturated rings. The summed E-state index contributed by atoms with van der Waals surface area (Å²) in [6, 6.07) is 7.11. The topological polar surface area (TPSA) is 63.9 Å². The van der Waals surface area contributed by atoms with Gasteiger partial charge in [0.2, 0.25) is 6.79 Å². The molecule has 0 aliphatic carbocycles. The van der Waals surface area contributed by atoms with E-state index >= 15 is 0 Å². The SMILES string of the molecule is O=C(NC[C@H](c1ccco1)N1CCCC1)c1cc(Cl)c2c(c1)OCO2. The molecule has 1 saturated heterocycles. The third-order valence-electron chi connectivity index (χ3n) is 4.60. The Morgan fingerprint density at radius 1 is 1.28 bits per heavy atom. The minimum absolute atomic E-state index is 0.0333. The van der Waals surface area contributed by atoms with Gasteiger partial charge >= 0.3 is 0 Å². The molecule has 2 aromatic rings. The minimum Gasteiger partial charge on any atom is -0.468 e. The number of hydrogen-bond donors (Lipinski definition) is 1. The highest BCUT2D eigenvalue weighted by Crippen LogP contribution is 2.39. The molecule has 25 heavy (non-hydrogen) atoms. The van der Waals surface area contributed by atoms with Crippen LogP contribution in [0, 0.1) is 0 Å². The van der Waals surface area contributed by atoms with Gasteiger partial charge in [-0.2, -0.15) is 0 Å². The van der Waals surface area contributed by atoms with Gasteiger partial charge in [0, 0.05) is 12.1 Å². The van der Waals surface area contributed by atoms with Crippen LogP contribution in [0.3, 0.4) is 0 Å². The lowest BCUT2D eigenvalue weighted by Crippen LogP contribution is -2.36. The van der Waals surface area contributed by atoms with Gasteiger partial charge in [0.15, 0.2) is 11.5 Å². The third-order valence-corrected chi connectivity index (χ3v) is 4.88. The van der Waals surface area contributed by atoms with Crippen molar-refractivity contribution in [2.75, 3.05) is 26.4 Å². The molecule has 1 N–H and O–H groups in total. The van der Waals surface area contributed by atoms with Crippen molar-refractivity contribution < 1.29 is 18.7 Å². The average Bonchev–Trinajstić information content (AvgIpc) is 3.37. The number of benzene rings is 1. The Morgan fingerprint density at radius 2 is 2.12 bits per heavy atom. The molecule has 1 atom stereocenters. The number of likely N-dealkylation sites (tertiary alicyclic amines) is 1. The van der Waals surface area contributed by atoms with Crippen molar-refractivity contribution in [3.05, 3.63) is 46.9 Å². The molecule has 0 spiro atoms. The predicted octanol–water partition coefficient (Wildman–Crippen LogP) is 3.23. The molecule has 7 heteroatoms. The minimum atomic E-state index is -0.198. The van der Waals surface area contributed by atoms with Gasteiger partial charge in [0.1, 0.15) is 5.76 Å². The van der Waals surface area contributed by atoms with Gasteiger partial charge in [0.25, 0.3) is 5.91 Å². The second kappa shape index (κ2) is 6.98. The quantitative estimate of drug-likeness (QED) is 0.884. The maximum Gasteiger partial charge on any atom is 0.251 e. The Bertz CT molecular complexity index is 757. The number of furan rings is 1. The van der Waals surface area contributed by atoms with Crippen LogP contribution in [0.15, 0.2) is 34.9 Å². The molecule has 4 rings (SSSR count). The lowest BCUT2D eigenvalue weighted by Gasteiger charge is -2.26. The van der Waals surface area contributed by atoms with Gasteiger partial charge in [-0.25, -0.2) is 0 Å². The maximum absolute atomic E-state index is 12.6. The molecule has 132 valence electrons. The molecule has 0 unspecified atom stereocenters. The van der Waals surface area contributed by atoms with Crippen LogP contribution in [0.4, 0.5) is 0 Å². The van der Waals surface area contributed by atoms with Crippen LogP contribution in [0.5, 0.6) is 11.5 Å². The number of rotatable bonds is 5. The molecule has 0 saturated carbocycles. The van der Waals surface area contributed by atoms with Crippen LogP contribution in [0.25, 0.3) is 0 Å². The van der Waals surface area contributed by atoms with Crippen molar-refractivity contribution in [1.29, 1.82) is 0 Å². The summed E-state index contributed by atoms with van der Waals surface area (Å²) in [5.74, 6) is 1.66. The zero-order chi connectivity index (χ0) is 17.2. The summed E-state index contributed by atoms with van der Waals surface area (Å²) in [4.78, 5) is 14.9. The zero-order valence-corrected chi connectivity index (χ0v) is 14.4. The van der Waals surface area contributed by atoms with Gasteiger partial charge in [-0.3, -0.25) is 9.69 Å². The lowest BCUT2D eigenvalue weighted by atomic mass is 10.1. The number of nitrogens with zero attached hydrogens (tertiary/aromatic N) is 1. The van der Waals surface area contributed by atoms with E-state index in [2.05, 4.69) is 10.2 Å². The van der Waals surface area contributed by atoms with Crippen LogP contribution in [-0.4, -0.2) is 37.2 Å². The smallest absolute Gasteiger partial charge is 0.251 e. The fourth-order valence-electron chi connectivity index (χ4n) is 3.33. The number of carbonyl (C=O) groups is 1. The second-order valence-corrected chi connectivity index (χ2v) is 6.58. The van der Waals surface area contributed by atoms with Gasteiger partial charge in [0.05, 0.1) is 17.3 Å². The van der Waals surface area contributed by atoms with Crippen molar-refractivity contribution in [3.63, 3.8) is 0 Å². The van der Waals surface area contributed by atoms with E-state index in [0.717, 1.165) is 18.8 Å². The van der Waals surface area contributed by atoms with E-state index in [0.29, 0.717) is 28.6 Å². The number of ether oxygens (including phenoxy) is 2. The molecule has 0 bridgehead atoms. The molecule has 2 aliphatic heterocycles. The maximum atomic E-state index is 12.6. The summed E-state index contributed by atoms with van der Waals surface area (Å²) in [6.45, 7) is 2.61. The van der Waals surface area contributed by atoms with Crippen molar-refractivity contribution >= 4 is 17.5 Å². The highest BCUT2D eigenvalue weighted by atomic mass is 35.5. The Balaban J connectivity index is 1.47. The monoisotopic (exact) mass is 362 g/mol. The Kier molecular flexibility index (Phi) is 4.55. The van der Waals surface area contributed by atoms with E-state index < -0.39 is 0 Å². The van der Waals surface area contributed by atoms with E-state index in [1.165, 1.54) is 12.8 Å². The van der Waals surface area contributed by atoms with Crippen molar-refractivity contribution in [1.82, 2.24) is 10.2 Å². The number of hydrogen-bond acceptors (Lipinski definition) is 5. The number of fused-ring (bicyclic) bond motifs is 1. The number of carbonyl (C=O) groups excluding carboxylic acids is 1. The molecule has 3 heterocycles. The molecule has 1 aromatic carbocycles. The van der Waals surface area contributed by atoms with Crippen LogP contribution in [0.1, 0.15) is 35.0 Å². The molecule has 1 amide bonds. The molecule has 6 nitrogen and oxygen atoms in total. The summed E-state index contributed by atoms with van der Waals surface area (Å²) in [5.41, 5.74) is 0.453. The van der Waals surface area contributed by atoms with Crippen LogP contribution in [-0.2, 0) is 0 Å².